The van der Waals surface area contributed by atoms with E-state index in [2.05, 4.69) is 15.9 Å². The van der Waals surface area contributed by atoms with Gasteiger partial charge in [-0.25, -0.2) is 12.8 Å². The molecular formula is C11H14BrFN2O2S. The number of rotatable bonds is 3. The van der Waals surface area contributed by atoms with E-state index in [1.807, 2.05) is 0 Å². The zero-order valence-electron chi connectivity index (χ0n) is 9.64. The normalized spacial score (nSPS) is 21.4. The highest BCUT2D eigenvalue weighted by Gasteiger charge is 2.32. The Morgan fingerprint density at radius 2 is 2.22 bits per heavy atom. The molecule has 1 saturated heterocycles. The second kappa shape index (κ2) is 5.24. The second-order valence-electron chi connectivity index (χ2n) is 4.33. The van der Waals surface area contributed by atoms with Crippen LogP contribution in [0.5, 0.6) is 0 Å². The Hall–Kier alpha value is -0.500. The Bertz CT molecular complexity index is 550. The molecule has 2 rings (SSSR count). The standard InChI is InChI=1S/C11H14BrFN2O2S/c12-10-2-1-9(5-11(10)13)18(16,17)15-4-3-8(6-14)7-15/h1-2,5,8H,3-4,6-7,14H2. The van der Waals surface area contributed by atoms with Gasteiger partial charge in [-0.05, 0) is 53.0 Å². The predicted molar refractivity (Wildman–Crippen MR) is 70.0 cm³/mol. The lowest BCUT2D eigenvalue weighted by Gasteiger charge is -2.16. The maximum atomic E-state index is 13.4. The molecule has 4 nitrogen and oxygen atoms in total. The van der Waals surface area contributed by atoms with E-state index in [4.69, 9.17) is 5.73 Å². The van der Waals surface area contributed by atoms with E-state index in [1.165, 1.54) is 16.4 Å². The van der Waals surface area contributed by atoms with Gasteiger partial charge in [-0.3, -0.25) is 0 Å². The van der Waals surface area contributed by atoms with Gasteiger partial charge in [0.1, 0.15) is 5.82 Å². The van der Waals surface area contributed by atoms with E-state index in [9.17, 15) is 12.8 Å². The number of hydrogen-bond donors (Lipinski definition) is 1. The maximum absolute atomic E-state index is 13.4. The number of hydrogen-bond acceptors (Lipinski definition) is 3. The minimum atomic E-state index is -3.60. The molecule has 0 radical (unpaired) electrons. The molecule has 18 heavy (non-hydrogen) atoms. The summed E-state index contributed by atoms with van der Waals surface area (Å²) < 4.78 is 39.5. The molecule has 100 valence electrons. The van der Waals surface area contributed by atoms with Crippen molar-refractivity contribution in [3.8, 4) is 0 Å². The summed E-state index contributed by atoms with van der Waals surface area (Å²) in [4.78, 5) is -0.0131. The molecule has 0 aliphatic carbocycles. The van der Waals surface area contributed by atoms with Crippen LogP contribution in [0.15, 0.2) is 27.6 Å². The molecule has 1 fully saturated rings. The van der Waals surface area contributed by atoms with E-state index < -0.39 is 15.8 Å². The number of nitrogens with two attached hydrogens (primary N) is 1. The summed E-state index contributed by atoms with van der Waals surface area (Å²) in [7, 11) is -3.60. The van der Waals surface area contributed by atoms with Gasteiger partial charge in [0.15, 0.2) is 0 Å². The van der Waals surface area contributed by atoms with E-state index >= 15 is 0 Å². The highest BCUT2D eigenvalue weighted by molar-refractivity contribution is 9.10. The molecule has 1 aliphatic heterocycles. The largest absolute Gasteiger partial charge is 0.330 e. The minimum Gasteiger partial charge on any atom is -0.330 e. The molecule has 0 saturated carbocycles. The molecule has 0 aromatic heterocycles. The molecule has 1 aliphatic rings. The van der Waals surface area contributed by atoms with Crippen molar-refractivity contribution in [3.63, 3.8) is 0 Å². The van der Waals surface area contributed by atoms with E-state index in [0.29, 0.717) is 19.6 Å². The average molecular weight is 337 g/mol. The van der Waals surface area contributed by atoms with Gasteiger partial charge in [0.25, 0.3) is 0 Å². The molecule has 1 aromatic carbocycles. The van der Waals surface area contributed by atoms with Crippen molar-refractivity contribution in [1.29, 1.82) is 0 Å². The third-order valence-corrected chi connectivity index (χ3v) is 5.62. The average Bonchev–Trinajstić information content (AvgIpc) is 2.81. The molecule has 1 heterocycles. The van der Waals surface area contributed by atoms with Crippen LogP contribution in [-0.4, -0.2) is 32.4 Å². The van der Waals surface area contributed by atoms with E-state index in [1.54, 1.807) is 0 Å². The highest BCUT2D eigenvalue weighted by atomic mass is 79.9. The Morgan fingerprint density at radius 3 is 2.78 bits per heavy atom. The lowest BCUT2D eigenvalue weighted by Crippen LogP contribution is -2.30. The van der Waals surface area contributed by atoms with Crippen LogP contribution in [0, 0.1) is 11.7 Å². The third-order valence-electron chi connectivity index (χ3n) is 3.11. The highest BCUT2D eigenvalue weighted by Crippen LogP contribution is 2.26. The van der Waals surface area contributed by atoms with Gasteiger partial charge in [0.2, 0.25) is 10.0 Å². The monoisotopic (exact) mass is 336 g/mol. The van der Waals surface area contributed by atoms with E-state index in [0.717, 1.165) is 12.5 Å². The maximum Gasteiger partial charge on any atom is 0.243 e. The summed E-state index contributed by atoms with van der Waals surface area (Å²) in [6.45, 7) is 1.33. The first-order valence-corrected chi connectivity index (χ1v) is 7.83. The lowest BCUT2D eigenvalue weighted by molar-refractivity contribution is 0.458. The summed E-state index contributed by atoms with van der Waals surface area (Å²) in [5.41, 5.74) is 5.53. The fraction of sp³-hybridized carbons (Fsp3) is 0.455. The summed E-state index contributed by atoms with van der Waals surface area (Å²) in [5, 5.41) is 0. The molecule has 0 spiro atoms. The number of halogens is 2. The molecule has 7 heteroatoms. The first-order valence-electron chi connectivity index (χ1n) is 5.60. The van der Waals surface area contributed by atoms with Gasteiger partial charge in [0.05, 0.1) is 9.37 Å². The number of nitrogens with zero attached hydrogens (tertiary/aromatic N) is 1. The van der Waals surface area contributed by atoms with Crippen LogP contribution in [0.4, 0.5) is 4.39 Å². The van der Waals surface area contributed by atoms with Crippen LogP contribution >= 0.6 is 15.9 Å². The van der Waals surface area contributed by atoms with Gasteiger partial charge in [-0.15, -0.1) is 0 Å². The van der Waals surface area contributed by atoms with Crippen molar-refractivity contribution in [2.24, 2.45) is 11.7 Å². The Morgan fingerprint density at radius 1 is 1.50 bits per heavy atom. The van der Waals surface area contributed by atoms with E-state index in [-0.39, 0.29) is 15.3 Å². The SMILES string of the molecule is NCC1CCN(S(=O)(=O)c2ccc(Br)c(F)c2)C1. The van der Waals surface area contributed by atoms with Crippen LogP contribution in [-0.2, 0) is 10.0 Å². The van der Waals surface area contributed by atoms with Crippen LogP contribution in [0.2, 0.25) is 0 Å². The molecular weight excluding hydrogens is 323 g/mol. The van der Waals surface area contributed by atoms with Gasteiger partial charge < -0.3 is 5.73 Å². The number of benzene rings is 1. The summed E-state index contributed by atoms with van der Waals surface area (Å²) in [6, 6.07) is 3.84. The fourth-order valence-corrected chi connectivity index (χ4v) is 3.78. The van der Waals surface area contributed by atoms with Gasteiger partial charge in [-0.2, -0.15) is 4.31 Å². The van der Waals surface area contributed by atoms with Gasteiger partial charge in [0, 0.05) is 13.1 Å². The van der Waals surface area contributed by atoms with Crippen molar-refractivity contribution >= 4 is 26.0 Å². The zero-order valence-corrected chi connectivity index (χ0v) is 12.0. The first kappa shape index (κ1) is 13.9. The van der Waals surface area contributed by atoms with Crippen LogP contribution < -0.4 is 5.73 Å². The van der Waals surface area contributed by atoms with Crippen LogP contribution in [0.1, 0.15) is 6.42 Å². The Labute approximate surface area is 114 Å². The predicted octanol–water partition coefficient (Wildman–Crippen LogP) is 1.56. The first-order chi connectivity index (χ1) is 8.45. The zero-order chi connectivity index (χ0) is 13.3. The van der Waals surface area contributed by atoms with Gasteiger partial charge in [-0.1, -0.05) is 0 Å². The van der Waals surface area contributed by atoms with Crippen molar-refractivity contribution in [2.45, 2.75) is 11.3 Å². The quantitative estimate of drug-likeness (QED) is 0.910. The molecule has 1 aromatic rings. The fourth-order valence-electron chi connectivity index (χ4n) is 1.99. The summed E-state index contributed by atoms with van der Waals surface area (Å²) in [5.74, 6) is -0.384. The Kier molecular flexibility index (Phi) is 4.05. The second-order valence-corrected chi connectivity index (χ2v) is 7.12. The van der Waals surface area contributed by atoms with Gasteiger partial charge >= 0.3 is 0 Å². The van der Waals surface area contributed by atoms with Crippen LogP contribution in [0.25, 0.3) is 0 Å². The topological polar surface area (TPSA) is 63.4 Å². The van der Waals surface area contributed by atoms with Crippen molar-refractivity contribution in [1.82, 2.24) is 4.31 Å². The van der Waals surface area contributed by atoms with Crippen molar-refractivity contribution in [3.05, 3.63) is 28.5 Å². The molecule has 1 unspecified atom stereocenters. The lowest BCUT2D eigenvalue weighted by atomic mass is 10.1. The van der Waals surface area contributed by atoms with Crippen molar-refractivity contribution < 1.29 is 12.8 Å². The minimum absolute atomic E-state index is 0.0131. The summed E-state index contributed by atoms with van der Waals surface area (Å²) >= 11 is 3.00. The third kappa shape index (κ3) is 2.59. The number of sulfonamides is 1. The summed E-state index contributed by atoms with van der Waals surface area (Å²) in [6.07, 6.45) is 0.759. The van der Waals surface area contributed by atoms with Crippen LogP contribution in [0.3, 0.4) is 0 Å². The molecule has 2 N–H and O–H groups in total. The van der Waals surface area contributed by atoms with Crippen molar-refractivity contribution in [2.75, 3.05) is 19.6 Å². The molecule has 0 amide bonds. The smallest absolute Gasteiger partial charge is 0.243 e. The molecule has 0 bridgehead atoms. The Balaban J connectivity index is 2.28. The molecule has 1 atom stereocenters.